The molecule has 0 amide bonds. The van der Waals surface area contributed by atoms with Crippen LogP contribution < -0.4 is 0 Å². The number of carboxylic acid groups (broad SMARTS) is 1. The summed E-state index contributed by atoms with van der Waals surface area (Å²) in [5.74, 6) is -0.530. The normalized spacial score (nSPS) is 12.3. The average molecular weight is 266 g/mol. The summed E-state index contributed by atoms with van der Waals surface area (Å²) in [4.78, 5) is 10.3. The Morgan fingerprint density at radius 2 is 1.58 bits per heavy atom. The van der Waals surface area contributed by atoms with Crippen LogP contribution in [0, 0.1) is 0 Å². The maximum Gasteiger partial charge on any atom is 0.303 e. The highest BCUT2D eigenvalue weighted by Gasteiger charge is 2.06. The molecule has 4 nitrogen and oxygen atoms in total. The minimum Gasteiger partial charge on any atom is -0.508 e. The number of carbonyl (C=O) groups is 1. The fourth-order valence-electron chi connectivity index (χ4n) is 2.01. The van der Waals surface area contributed by atoms with Crippen LogP contribution in [0.25, 0.3) is 0 Å². The van der Waals surface area contributed by atoms with E-state index in [1.54, 1.807) is 24.3 Å². The van der Waals surface area contributed by atoms with Crippen molar-refractivity contribution in [2.45, 2.75) is 51.0 Å². The van der Waals surface area contributed by atoms with Gasteiger partial charge in [0.05, 0.1) is 6.10 Å². The molecule has 0 bridgehead atoms. The van der Waals surface area contributed by atoms with E-state index in [4.69, 9.17) is 10.2 Å². The number of phenolic OH excluding ortho intramolecular Hbond substituents is 1. The van der Waals surface area contributed by atoms with Crippen LogP contribution in [-0.2, 0) is 4.79 Å². The number of rotatable bonds is 9. The smallest absolute Gasteiger partial charge is 0.303 e. The highest BCUT2D eigenvalue weighted by Crippen LogP contribution is 2.22. The molecule has 1 unspecified atom stereocenters. The molecule has 0 heterocycles. The summed E-state index contributed by atoms with van der Waals surface area (Å²) in [5.41, 5.74) is 0.823. The molecule has 0 saturated heterocycles. The number of aliphatic carboxylic acids is 1. The van der Waals surface area contributed by atoms with E-state index >= 15 is 0 Å². The van der Waals surface area contributed by atoms with Gasteiger partial charge in [-0.3, -0.25) is 4.79 Å². The molecule has 3 N–H and O–H groups in total. The van der Waals surface area contributed by atoms with Crippen molar-refractivity contribution in [3.05, 3.63) is 29.8 Å². The van der Waals surface area contributed by atoms with E-state index in [1.165, 1.54) is 0 Å². The fourth-order valence-corrected chi connectivity index (χ4v) is 2.01. The van der Waals surface area contributed by atoms with Crippen molar-refractivity contribution in [2.24, 2.45) is 0 Å². The average Bonchev–Trinajstić information content (AvgIpc) is 2.38. The Morgan fingerprint density at radius 1 is 1.00 bits per heavy atom. The molecule has 0 aliphatic rings. The standard InChI is InChI=1S/C15H22O4/c16-13-10-8-12(9-11-13)14(17)6-4-2-1-3-5-7-15(18)19/h8-11,14,16-17H,1-7H2,(H,18,19). The van der Waals surface area contributed by atoms with E-state index in [0.717, 1.165) is 37.7 Å². The molecule has 0 saturated carbocycles. The van der Waals surface area contributed by atoms with Gasteiger partial charge in [-0.25, -0.2) is 0 Å². The predicted molar refractivity (Wildman–Crippen MR) is 73.0 cm³/mol. The maximum atomic E-state index is 10.3. The van der Waals surface area contributed by atoms with Crippen molar-refractivity contribution >= 4 is 5.97 Å². The molecule has 4 heteroatoms. The van der Waals surface area contributed by atoms with Gasteiger partial charge in [0.1, 0.15) is 5.75 Å². The number of hydrogen-bond acceptors (Lipinski definition) is 3. The molecule has 0 spiro atoms. The number of carboxylic acids is 1. The summed E-state index contributed by atoms with van der Waals surface area (Å²) in [5, 5.41) is 27.6. The summed E-state index contributed by atoms with van der Waals surface area (Å²) in [6.07, 6.45) is 5.07. The van der Waals surface area contributed by atoms with Crippen LogP contribution in [0.15, 0.2) is 24.3 Å². The van der Waals surface area contributed by atoms with Crippen LogP contribution in [0.5, 0.6) is 5.75 Å². The van der Waals surface area contributed by atoms with Crippen LogP contribution in [-0.4, -0.2) is 21.3 Å². The summed E-state index contributed by atoms with van der Waals surface area (Å²) >= 11 is 0. The van der Waals surface area contributed by atoms with Crippen molar-refractivity contribution < 1.29 is 20.1 Å². The quantitative estimate of drug-likeness (QED) is 0.600. The first-order valence-corrected chi connectivity index (χ1v) is 6.78. The van der Waals surface area contributed by atoms with Gasteiger partial charge in [-0.05, 0) is 30.5 Å². The molecule has 1 atom stereocenters. The number of unbranched alkanes of at least 4 members (excludes halogenated alkanes) is 4. The van der Waals surface area contributed by atoms with Crippen LogP contribution in [0.2, 0.25) is 0 Å². The first kappa shape index (κ1) is 15.5. The van der Waals surface area contributed by atoms with Crippen LogP contribution in [0.3, 0.4) is 0 Å². The third-order valence-corrected chi connectivity index (χ3v) is 3.15. The largest absolute Gasteiger partial charge is 0.508 e. The Labute approximate surface area is 113 Å². The molecule has 106 valence electrons. The Kier molecular flexibility index (Phi) is 6.97. The van der Waals surface area contributed by atoms with E-state index in [1.807, 2.05) is 0 Å². The van der Waals surface area contributed by atoms with Crippen LogP contribution in [0.4, 0.5) is 0 Å². The lowest BCUT2D eigenvalue weighted by molar-refractivity contribution is -0.137. The molecule has 19 heavy (non-hydrogen) atoms. The minimum absolute atomic E-state index is 0.203. The van der Waals surface area contributed by atoms with Gasteiger partial charge in [0, 0.05) is 6.42 Å². The lowest BCUT2D eigenvalue weighted by Crippen LogP contribution is -1.97. The molecular formula is C15H22O4. The number of hydrogen-bond donors (Lipinski definition) is 3. The summed E-state index contributed by atoms with van der Waals surface area (Å²) in [7, 11) is 0. The third-order valence-electron chi connectivity index (χ3n) is 3.15. The van der Waals surface area contributed by atoms with E-state index in [9.17, 15) is 9.90 Å². The van der Waals surface area contributed by atoms with Gasteiger partial charge >= 0.3 is 5.97 Å². The van der Waals surface area contributed by atoms with Gasteiger partial charge < -0.3 is 15.3 Å². The molecule has 0 aliphatic carbocycles. The second kappa shape index (κ2) is 8.53. The van der Waals surface area contributed by atoms with E-state index in [-0.39, 0.29) is 12.2 Å². The highest BCUT2D eigenvalue weighted by molar-refractivity contribution is 5.66. The van der Waals surface area contributed by atoms with Crippen molar-refractivity contribution in [3.8, 4) is 5.75 Å². The van der Waals surface area contributed by atoms with Crippen LogP contribution in [0.1, 0.15) is 56.6 Å². The number of aliphatic hydroxyl groups is 1. The minimum atomic E-state index is -0.734. The van der Waals surface area contributed by atoms with Crippen LogP contribution >= 0.6 is 0 Å². The zero-order chi connectivity index (χ0) is 14.1. The zero-order valence-corrected chi connectivity index (χ0v) is 11.1. The Hall–Kier alpha value is -1.55. The van der Waals surface area contributed by atoms with Gasteiger partial charge in [-0.1, -0.05) is 37.8 Å². The maximum absolute atomic E-state index is 10.3. The van der Waals surface area contributed by atoms with E-state index in [2.05, 4.69) is 0 Å². The summed E-state index contributed by atoms with van der Waals surface area (Å²) in [6, 6.07) is 6.61. The van der Waals surface area contributed by atoms with Crippen molar-refractivity contribution in [1.29, 1.82) is 0 Å². The second-order valence-corrected chi connectivity index (χ2v) is 4.81. The molecule has 1 rings (SSSR count). The Morgan fingerprint density at radius 3 is 2.21 bits per heavy atom. The summed E-state index contributed by atoms with van der Waals surface area (Å²) in [6.45, 7) is 0. The number of phenols is 1. The molecule has 0 aromatic heterocycles. The molecule has 1 aromatic carbocycles. The zero-order valence-electron chi connectivity index (χ0n) is 11.1. The number of aromatic hydroxyl groups is 1. The first-order valence-electron chi connectivity index (χ1n) is 6.78. The van der Waals surface area contributed by atoms with Gasteiger partial charge in [-0.2, -0.15) is 0 Å². The summed E-state index contributed by atoms with van der Waals surface area (Å²) < 4.78 is 0. The van der Waals surface area contributed by atoms with Gasteiger partial charge in [-0.15, -0.1) is 0 Å². The monoisotopic (exact) mass is 266 g/mol. The Balaban J connectivity index is 2.09. The molecule has 0 radical (unpaired) electrons. The van der Waals surface area contributed by atoms with E-state index < -0.39 is 12.1 Å². The predicted octanol–water partition coefficient (Wildman–Crippen LogP) is 3.24. The van der Waals surface area contributed by atoms with Crippen molar-refractivity contribution in [2.75, 3.05) is 0 Å². The fraction of sp³-hybridized carbons (Fsp3) is 0.533. The SMILES string of the molecule is O=C(O)CCCCCCCC(O)c1ccc(O)cc1. The Bertz CT molecular complexity index is 372. The molecular weight excluding hydrogens is 244 g/mol. The highest BCUT2D eigenvalue weighted by atomic mass is 16.4. The van der Waals surface area contributed by atoms with Gasteiger partial charge in [0.15, 0.2) is 0 Å². The molecule has 0 aliphatic heterocycles. The second-order valence-electron chi connectivity index (χ2n) is 4.81. The lowest BCUT2D eigenvalue weighted by atomic mass is 10.0. The van der Waals surface area contributed by atoms with Gasteiger partial charge in [0.25, 0.3) is 0 Å². The molecule has 1 aromatic rings. The first-order chi connectivity index (χ1) is 9.09. The number of benzene rings is 1. The van der Waals surface area contributed by atoms with Crippen molar-refractivity contribution in [3.63, 3.8) is 0 Å². The molecule has 0 fully saturated rings. The third kappa shape index (κ3) is 6.82. The van der Waals surface area contributed by atoms with E-state index in [0.29, 0.717) is 6.42 Å². The van der Waals surface area contributed by atoms with Crippen molar-refractivity contribution in [1.82, 2.24) is 0 Å². The topological polar surface area (TPSA) is 77.8 Å². The lowest BCUT2D eigenvalue weighted by Gasteiger charge is -2.10. The number of aliphatic hydroxyl groups excluding tert-OH is 1. The van der Waals surface area contributed by atoms with Gasteiger partial charge in [0.2, 0.25) is 0 Å².